The van der Waals surface area contributed by atoms with Crippen molar-refractivity contribution in [1.29, 1.82) is 0 Å². The van der Waals surface area contributed by atoms with Crippen LogP contribution in [0.25, 0.3) is 0 Å². The molecule has 0 unspecified atom stereocenters. The van der Waals surface area contributed by atoms with Crippen LogP contribution in [0.1, 0.15) is 70.4 Å². The number of rotatable bonds is 2. The van der Waals surface area contributed by atoms with Crippen molar-refractivity contribution in [3.8, 4) is 0 Å². The van der Waals surface area contributed by atoms with Gasteiger partial charge in [-0.1, -0.05) is 86.8 Å². The molecular weight excluding hydrogens is 477 g/mol. The van der Waals surface area contributed by atoms with Crippen LogP contribution in [-0.4, -0.2) is 11.6 Å². The van der Waals surface area contributed by atoms with Crippen LogP contribution in [-0.2, 0) is 9.59 Å². The summed E-state index contributed by atoms with van der Waals surface area (Å²) in [7, 11) is 0. The lowest BCUT2D eigenvalue weighted by Crippen LogP contribution is -2.44. The third-order valence-corrected chi connectivity index (χ3v) is 8.30. The summed E-state index contributed by atoms with van der Waals surface area (Å²) in [4.78, 5) is 29.8. The molecule has 0 saturated carbocycles. The predicted octanol–water partition coefficient (Wildman–Crippen LogP) is 8.19. The average molecular weight is 508 g/mol. The zero-order valence-electron chi connectivity index (χ0n) is 21.0. The molecule has 2 aliphatic carbocycles. The molecule has 3 nitrogen and oxygen atoms in total. The van der Waals surface area contributed by atoms with Gasteiger partial charge in [-0.2, -0.15) is 0 Å². The van der Waals surface area contributed by atoms with E-state index in [-0.39, 0.29) is 28.3 Å². The van der Waals surface area contributed by atoms with Crippen molar-refractivity contribution in [2.24, 2.45) is 10.8 Å². The molecule has 0 bridgehead atoms. The molecule has 0 N–H and O–H groups in total. The molecule has 0 fully saturated rings. The van der Waals surface area contributed by atoms with Gasteiger partial charge < -0.3 is 4.90 Å². The molecule has 182 valence electrons. The molecule has 1 aliphatic heterocycles. The van der Waals surface area contributed by atoms with Gasteiger partial charge in [-0.15, -0.1) is 0 Å². The van der Waals surface area contributed by atoms with Gasteiger partial charge in [-0.3, -0.25) is 9.59 Å². The number of allylic oxidation sites excluding steroid dienone is 4. The third kappa shape index (κ3) is 4.17. The number of halogens is 2. The van der Waals surface area contributed by atoms with E-state index in [1.807, 2.05) is 19.1 Å². The van der Waals surface area contributed by atoms with Crippen LogP contribution in [0.5, 0.6) is 0 Å². The summed E-state index contributed by atoms with van der Waals surface area (Å²) in [6.45, 7) is 10.6. The molecule has 0 aromatic heterocycles. The maximum Gasteiger partial charge on any atom is 0.162 e. The summed E-state index contributed by atoms with van der Waals surface area (Å²) < 4.78 is 0. The first kappa shape index (κ1) is 24.3. The molecule has 2 aromatic carbocycles. The molecule has 5 heteroatoms. The molecule has 35 heavy (non-hydrogen) atoms. The smallest absolute Gasteiger partial charge is 0.162 e. The Hall–Kier alpha value is -2.36. The van der Waals surface area contributed by atoms with Crippen LogP contribution in [0.15, 0.2) is 65.0 Å². The molecule has 5 rings (SSSR count). The van der Waals surface area contributed by atoms with Gasteiger partial charge in [0.1, 0.15) is 0 Å². The Morgan fingerprint density at radius 3 is 1.80 bits per heavy atom. The van der Waals surface area contributed by atoms with E-state index in [4.69, 9.17) is 23.2 Å². The van der Waals surface area contributed by atoms with E-state index in [1.165, 1.54) is 0 Å². The second-order valence-electron chi connectivity index (χ2n) is 11.9. The van der Waals surface area contributed by atoms with Crippen LogP contribution >= 0.6 is 23.2 Å². The largest absolute Gasteiger partial charge is 0.315 e. The fraction of sp³-hybridized carbons (Fsp3) is 0.400. The third-order valence-electron chi connectivity index (χ3n) is 7.49. The highest BCUT2D eigenvalue weighted by Gasteiger charge is 2.49. The predicted molar refractivity (Wildman–Crippen MR) is 143 cm³/mol. The minimum atomic E-state index is -0.359. The molecule has 0 spiro atoms. The van der Waals surface area contributed by atoms with Crippen molar-refractivity contribution < 1.29 is 9.59 Å². The van der Waals surface area contributed by atoms with Gasteiger partial charge in [-0.05, 0) is 48.3 Å². The highest BCUT2D eigenvalue weighted by atomic mass is 35.5. The Kier molecular flexibility index (Phi) is 5.81. The van der Waals surface area contributed by atoms with Gasteiger partial charge in [0.2, 0.25) is 0 Å². The number of hydrogen-bond donors (Lipinski definition) is 0. The van der Waals surface area contributed by atoms with Crippen molar-refractivity contribution in [3.63, 3.8) is 0 Å². The Balaban J connectivity index is 1.86. The fourth-order valence-electron chi connectivity index (χ4n) is 6.01. The molecule has 2 aromatic rings. The van der Waals surface area contributed by atoms with Gasteiger partial charge in [-0.25, -0.2) is 0 Å². The van der Waals surface area contributed by atoms with Crippen molar-refractivity contribution in [1.82, 2.24) is 0 Å². The highest BCUT2D eigenvalue weighted by Crippen LogP contribution is 2.56. The minimum Gasteiger partial charge on any atom is -0.315 e. The first-order valence-corrected chi connectivity index (χ1v) is 13.0. The number of nitrogens with zero attached hydrogens (tertiary/aromatic N) is 1. The van der Waals surface area contributed by atoms with Crippen molar-refractivity contribution in [2.45, 2.75) is 66.2 Å². The molecule has 3 aliphatic rings. The van der Waals surface area contributed by atoms with Crippen LogP contribution in [0.2, 0.25) is 10.0 Å². The Bertz CT molecular complexity index is 1260. The van der Waals surface area contributed by atoms with Crippen molar-refractivity contribution in [2.75, 3.05) is 4.90 Å². The number of carbonyl (C=O) groups is 2. The van der Waals surface area contributed by atoms with Gasteiger partial charge in [0, 0.05) is 41.3 Å². The summed E-state index contributed by atoms with van der Waals surface area (Å²) in [5, 5.41) is 0.894. The number of Topliss-reactive ketones (excluding diaryl/α,β-unsaturated/α-hetero) is 2. The standard InChI is InChI=1S/C30H31Cl2NO2/c1-17-9-11-18(12-10-17)25-26-21(13-29(2,3)15-23(26)34)33(20-8-6-7-19(31)28(20)32)22-14-30(4,5)16-24(35)27(22)25/h6-12,25H,13-16H2,1-5H3. The van der Waals surface area contributed by atoms with E-state index in [1.54, 1.807) is 6.07 Å². The monoisotopic (exact) mass is 507 g/mol. The van der Waals surface area contributed by atoms with Gasteiger partial charge >= 0.3 is 0 Å². The van der Waals surface area contributed by atoms with Crippen LogP contribution < -0.4 is 4.90 Å². The number of anilines is 1. The topological polar surface area (TPSA) is 37.4 Å². The average Bonchev–Trinajstić information content (AvgIpc) is 2.74. The number of benzene rings is 2. The molecule has 0 amide bonds. The van der Waals surface area contributed by atoms with Crippen LogP contribution in [0.4, 0.5) is 5.69 Å². The molecule has 0 atom stereocenters. The Morgan fingerprint density at radius 1 is 0.771 bits per heavy atom. The van der Waals surface area contributed by atoms with Crippen LogP contribution in [0, 0.1) is 17.8 Å². The number of carbonyl (C=O) groups excluding carboxylic acids is 2. The minimum absolute atomic E-state index is 0.106. The van der Waals surface area contributed by atoms with E-state index in [2.05, 4.69) is 56.9 Å². The quantitative estimate of drug-likeness (QED) is 0.410. The Morgan fingerprint density at radius 2 is 1.29 bits per heavy atom. The Labute approximate surface area is 217 Å². The summed E-state index contributed by atoms with van der Waals surface area (Å²) in [6.07, 6.45) is 2.33. The molecule has 0 radical (unpaired) electrons. The number of aryl methyl sites for hydroxylation is 1. The highest BCUT2D eigenvalue weighted by molar-refractivity contribution is 6.43. The molecular formula is C30H31Cl2NO2. The van der Waals surface area contributed by atoms with E-state index >= 15 is 0 Å². The van der Waals surface area contributed by atoms with E-state index < -0.39 is 0 Å². The van der Waals surface area contributed by atoms with Crippen molar-refractivity contribution in [3.05, 3.63) is 86.2 Å². The lowest BCUT2D eigenvalue weighted by atomic mass is 9.63. The number of hydrogen-bond acceptors (Lipinski definition) is 3. The second kappa shape index (κ2) is 8.35. The lowest BCUT2D eigenvalue weighted by Gasteiger charge is -2.49. The van der Waals surface area contributed by atoms with Gasteiger partial charge in [0.05, 0.1) is 15.7 Å². The van der Waals surface area contributed by atoms with E-state index in [0.717, 1.165) is 39.4 Å². The zero-order chi connectivity index (χ0) is 25.3. The normalized spacial score (nSPS) is 21.9. The van der Waals surface area contributed by atoms with E-state index in [9.17, 15) is 9.59 Å². The first-order valence-electron chi connectivity index (χ1n) is 12.2. The summed E-state index contributed by atoms with van der Waals surface area (Å²) in [5.41, 5.74) is 5.83. The van der Waals surface area contributed by atoms with Crippen LogP contribution in [0.3, 0.4) is 0 Å². The molecule has 0 saturated heterocycles. The maximum absolute atomic E-state index is 13.9. The maximum atomic E-state index is 13.9. The second-order valence-corrected chi connectivity index (χ2v) is 12.6. The van der Waals surface area contributed by atoms with Gasteiger partial charge in [0.15, 0.2) is 11.6 Å². The SMILES string of the molecule is Cc1ccc(C2C3=C(CC(C)(C)CC3=O)N(c3cccc(Cl)c3Cl)C3=C2C(=O)CC(C)(C)C3)cc1. The van der Waals surface area contributed by atoms with E-state index in [0.29, 0.717) is 35.7 Å². The first-order chi connectivity index (χ1) is 16.4. The lowest BCUT2D eigenvalue weighted by molar-refractivity contribution is -0.119. The zero-order valence-corrected chi connectivity index (χ0v) is 22.5. The summed E-state index contributed by atoms with van der Waals surface area (Å²) >= 11 is 13.3. The summed E-state index contributed by atoms with van der Waals surface area (Å²) in [6, 6.07) is 13.8. The molecule has 1 heterocycles. The fourth-order valence-corrected chi connectivity index (χ4v) is 6.39. The van der Waals surface area contributed by atoms with Gasteiger partial charge in [0.25, 0.3) is 0 Å². The number of ketones is 2. The van der Waals surface area contributed by atoms with Crippen molar-refractivity contribution >= 4 is 40.5 Å². The summed E-state index contributed by atoms with van der Waals surface area (Å²) in [5.74, 6) is -0.148.